The predicted molar refractivity (Wildman–Crippen MR) is 113 cm³/mol. The number of aryl methyl sites for hydroxylation is 1. The number of nitrogens with zero attached hydrogens (tertiary/aromatic N) is 3. The van der Waals surface area contributed by atoms with E-state index in [1.165, 1.54) is 9.96 Å². The van der Waals surface area contributed by atoms with Gasteiger partial charge >= 0.3 is 0 Å². The molecule has 3 aromatic heterocycles. The van der Waals surface area contributed by atoms with Gasteiger partial charge in [-0.05, 0) is 24.6 Å². The highest BCUT2D eigenvalue weighted by Crippen LogP contribution is 2.31. The maximum Gasteiger partial charge on any atom is 0.260 e. The van der Waals surface area contributed by atoms with Gasteiger partial charge in [0.2, 0.25) is 0 Å². The second-order valence-corrected chi connectivity index (χ2v) is 6.70. The number of ether oxygens (including phenoxy) is 3. The van der Waals surface area contributed by atoms with Gasteiger partial charge in [0.05, 0.1) is 26.1 Å². The Kier molecular flexibility index (Phi) is 5.61. The van der Waals surface area contributed by atoms with Crippen molar-refractivity contribution in [2.45, 2.75) is 13.3 Å². The van der Waals surface area contributed by atoms with Gasteiger partial charge in [0.25, 0.3) is 11.4 Å². The Morgan fingerprint density at radius 2 is 1.83 bits per heavy atom. The van der Waals surface area contributed by atoms with Crippen molar-refractivity contribution in [1.29, 1.82) is 0 Å². The van der Waals surface area contributed by atoms with Gasteiger partial charge < -0.3 is 14.2 Å². The van der Waals surface area contributed by atoms with E-state index in [9.17, 15) is 4.79 Å². The summed E-state index contributed by atoms with van der Waals surface area (Å²) >= 11 is 0. The van der Waals surface area contributed by atoms with E-state index < -0.39 is 0 Å². The zero-order chi connectivity index (χ0) is 20.9. The van der Waals surface area contributed by atoms with E-state index in [0.717, 1.165) is 6.42 Å². The third kappa shape index (κ3) is 4.25. The molecule has 7 heteroatoms. The van der Waals surface area contributed by atoms with Crippen LogP contribution >= 0.6 is 0 Å². The summed E-state index contributed by atoms with van der Waals surface area (Å²) in [6.45, 7) is 2.20. The van der Waals surface area contributed by atoms with Crippen LogP contribution in [0.15, 0.2) is 71.9 Å². The van der Waals surface area contributed by atoms with E-state index in [1.54, 1.807) is 50.8 Å². The van der Waals surface area contributed by atoms with E-state index in [4.69, 9.17) is 14.2 Å². The molecule has 0 unspecified atom stereocenters. The van der Waals surface area contributed by atoms with E-state index in [0.29, 0.717) is 40.9 Å². The fraction of sp³-hybridized carbons (Fsp3) is 0.174. The number of fused-ring (bicyclic) bond motifs is 1. The summed E-state index contributed by atoms with van der Waals surface area (Å²) in [5, 5.41) is 0. The average molecular weight is 403 g/mol. The first-order chi connectivity index (χ1) is 14.6. The number of methoxy groups -OCH3 is 1. The largest absolute Gasteiger partial charge is 0.491 e. The van der Waals surface area contributed by atoms with Crippen LogP contribution in [0.4, 0.5) is 0 Å². The third-order valence-electron chi connectivity index (χ3n) is 4.57. The summed E-state index contributed by atoms with van der Waals surface area (Å²) in [7, 11) is 1.55. The Labute approximate surface area is 173 Å². The summed E-state index contributed by atoms with van der Waals surface area (Å²) in [5.41, 5.74) is 2.16. The monoisotopic (exact) mass is 403 g/mol. The average Bonchev–Trinajstić information content (AvgIpc) is 2.78. The van der Waals surface area contributed by atoms with E-state index in [2.05, 4.69) is 22.1 Å². The van der Waals surface area contributed by atoms with E-state index >= 15 is 0 Å². The summed E-state index contributed by atoms with van der Waals surface area (Å²) in [6.07, 6.45) is 5.49. The Balaban J connectivity index is 1.49. The normalized spacial score (nSPS) is 10.7. The topological polar surface area (TPSA) is 75.0 Å². The highest BCUT2D eigenvalue weighted by Gasteiger charge is 2.10. The number of aromatic nitrogens is 3. The molecule has 30 heavy (non-hydrogen) atoms. The van der Waals surface area contributed by atoms with Crippen LogP contribution in [0, 0.1) is 6.92 Å². The molecular weight excluding hydrogens is 382 g/mol. The zero-order valence-corrected chi connectivity index (χ0v) is 16.7. The maximum atomic E-state index is 12.3. The maximum absolute atomic E-state index is 12.3. The molecule has 0 atom stereocenters. The number of hydrogen-bond donors (Lipinski definition) is 0. The molecule has 0 amide bonds. The smallest absolute Gasteiger partial charge is 0.260 e. The van der Waals surface area contributed by atoms with Crippen molar-refractivity contribution in [2.75, 3.05) is 13.7 Å². The Bertz CT molecular complexity index is 1220. The van der Waals surface area contributed by atoms with Crippen molar-refractivity contribution in [3.05, 3.63) is 88.6 Å². The lowest BCUT2D eigenvalue weighted by Gasteiger charge is -2.12. The number of rotatable bonds is 7. The zero-order valence-electron chi connectivity index (χ0n) is 16.7. The van der Waals surface area contributed by atoms with Crippen molar-refractivity contribution in [1.82, 2.24) is 14.4 Å². The van der Waals surface area contributed by atoms with Gasteiger partial charge in [-0.15, -0.1) is 0 Å². The molecule has 0 saturated heterocycles. The van der Waals surface area contributed by atoms with Gasteiger partial charge in [-0.3, -0.25) is 9.20 Å². The standard InChI is InChI=1S/C23H21N3O4/c1-16-13-24-21-9-8-18(15-26(21)23(16)27)30-19-12-20(28-2)22(25-14-19)29-11-10-17-6-4-3-5-7-17/h3-9,12-15H,10-11H2,1-2H3. The van der Waals surface area contributed by atoms with Crippen LogP contribution in [0.5, 0.6) is 23.1 Å². The summed E-state index contributed by atoms with van der Waals surface area (Å²) in [6, 6.07) is 15.3. The minimum absolute atomic E-state index is 0.136. The molecule has 4 aromatic rings. The van der Waals surface area contributed by atoms with Gasteiger partial charge in [-0.2, -0.15) is 0 Å². The lowest BCUT2D eigenvalue weighted by molar-refractivity contribution is 0.284. The first kappa shape index (κ1) is 19.4. The molecule has 0 aliphatic carbocycles. The van der Waals surface area contributed by atoms with E-state index in [-0.39, 0.29) is 5.56 Å². The molecule has 7 nitrogen and oxygen atoms in total. The molecule has 0 radical (unpaired) electrons. The summed E-state index contributed by atoms with van der Waals surface area (Å²) in [4.78, 5) is 20.9. The second kappa shape index (κ2) is 8.65. The first-order valence-corrected chi connectivity index (χ1v) is 9.50. The van der Waals surface area contributed by atoms with Gasteiger partial charge in [0.15, 0.2) is 5.75 Å². The molecule has 0 aliphatic rings. The number of pyridine rings is 2. The fourth-order valence-corrected chi connectivity index (χ4v) is 2.98. The molecule has 0 bridgehead atoms. The minimum atomic E-state index is -0.136. The highest BCUT2D eigenvalue weighted by atomic mass is 16.5. The Hall–Kier alpha value is -3.87. The molecule has 0 fully saturated rings. The lowest BCUT2D eigenvalue weighted by atomic mass is 10.2. The van der Waals surface area contributed by atoms with Gasteiger partial charge in [-0.1, -0.05) is 30.3 Å². The number of hydrogen-bond acceptors (Lipinski definition) is 6. The van der Waals surface area contributed by atoms with Gasteiger partial charge in [0, 0.05) is 24.2 Å². The third-order valence-corrected chi connectivity index (χ3v) is 4.57. The molecule has 0 N–H and O–H groups in total. The van der Waals surface area contributed by atoms with Crippen molar-refractivity contribution < 1.29 is 14.2 Å². The lowest BCUT2D eigenvalue weighted by Crippen LogP contribution is -2.16. The number of benzene rings is 1. The van der Waals surface area contributed by atoms with Crippen molar-refractivity contribution in [3.8, 4) is 23.1 Å². The Morgan fingerprint density at radius 1 is 1.00 bits per heavy atom. The highest BCUT2D eigenvalue weighted by molar-refractivity contribution is 5.44. The van der Waals surface area contributed by atoms with Crippen molar-refractivity contribution >= 4 is 5.65 Å². The molecule has 4 rings (SSSR count). The minimum Gasteiger partial charge on any atom is -0.491 e. The first-order valence-electron chi connectivity index (χ1n) is 9.50. The van der Waals surface area contributed by atoms with Crippen molar-refractivity contribution in [3.63, 3.8) is 0 Å². The van der Waals surface area contributed by atoms with E-state index in [1.807, 2.05) is 18.2 Å². The molecule has 152 valence electrons. The van der Waals surface area contributed by atoms with Gasteiger partial charge in [0.1, 0.15) is 17.1 Å². The molecule has 3 heterocycles. The molecule has 0 aliphatic heterocycles. The van der Waals surface area contributed by atoms with Crippen LogP contribution in [-0.4, -0.2) is 28.1 Å². The summed E-state index contributed by atoms with van der Waals surface area (Å²) in [5.74, 6) is 1.82. The quantitative estimate of drug-likeness (QED) is 0.467. The van der Waals surface area contributed by atoms with Crippen LogP contribution in [0.2, 0.25) is 0 Å². The fourth-order valence-electron chi connectivity index (χ4n) is 2.98. The molecule has 1 aromatic carbocycles. The van der Waals surface area contributed by atoms with Crippen LogP contribution in [0.25, 0.3) is 5.65 Å². The SMILES string of the molecule is COc1cc(Oc2ccc3ncc(C)c(=O)n3c2)cnc1OCCc1ccccc1. The van der Waals surface area contributed by atoms with Crippen LogP contribution in [0.1, 0.15) is 11.1 Å². The summed E-state index contributed by atoms with van der Waals surface area (Å²) < 4.78 is 18.5. The molecule has 0 spiro atoms. The Morgan fingerprint density at radius 3 is 2.63 bits per heavy atom. The second-order valence-electron chi connectivity index (χ2n) is 6.70. The van der Waals surface area contributed by atoms with Crippen LogP contribution in [0.3, 0.4) is 0 Å². The molecule has 0 saturated carbocycles. The predicted octanol–water partition coefficient (Wildman–Crippen LogP) is 3.82. The van der Waals surface area contributed by atoms with Crippen LogP contribution < -0.4 is 19.8 Å². The van der Waals surface area contributed by atoms with Crippen LogP contribution in [-0.2, 0) is 6.42 Å². The van der Waals surface area contributed by atoms with Gasteiger partial charge in [-0.25, -0.2) is 9.97 Å². The molecular formula is C23H21N3O4. The van der Waals surface area contributed by atoms with Crippen molar-refractivity contribution in [2.24, 2.45) is 0 Å².